The zero-order valence-corrected chi connectivity index (χ0v) is 10.1. The lowest BCUT2D eigenvalue weighted by atomic mass is 9.84. The fourth-order valence-electron chi connectivity index (χ4n) is 1.40. The van der Waals surface area contributed by atoms with Crippen LogP contribution in [0.1, 0.15) is 32.2 Å². The third-order valence-electron chi connectivity index (χ3n) is 2.94. The Labute approximate surface area is 90.5 Å². The van der Waals surface area contributed by atoms with Gasteiger partial charge in [-0.15, -0.1) is 0 Å². The van der Waals surface area contributed by atoms with Crippen LogP contribution in [0.4, 0.5) is 0 Å². The Morgan fingerprint density at radius 2 is 1.87 bits per heavy atom. The Bertz CT molecular complexity index is 348. The topological polar surface area (TPSA) is 58.3 Å². The monoisotopic (exact) mass is 212 g/mol. The van der Waals surface area contributed by atoms with Crippen molar-refractivity contribution in [1.29, 1.82) is 0 Å². The van der Waals surface area contributed by atoms with Crippen molar-refractivity contribution in [3.63, 3.8) is 0 Å². The summed E-state index contributed by atoms with van der Waals surface area (Å²) >= 11 is 0. The maximum atomic E-state index is 10.1. The van der Waals surface area contributed by atoms with Crippen molar-refractivity contribution >= 4 is 0 Å². The Morgan fingerprint density at radius 1 is 1.33 bits per heavy atom. The van der Waals surface area contributed by atoms with Crippen LogP contribution in [0.5, 0.6) is 0 Å². The minimum absolute atomic E-state index is 0.383. The molecule has 1 atom stereocenters. The first-order valence-electron chi connectivity index (χ1n) is 5.08. The number of aliphatic hydroxyl groups is 2. The normalized spacial score (nSPS) is 16.5. The second-order valence-electron chi connectivity index (χ2n) is 4.91. The molecule has 0 saturated carbocycles. The molecule has 0 radical (unpaired) electrons. The Morgan fingerprint density at radius 3 is 2.20 bits per heavy atom. The second-order valence-corrected chi connectivity index (χ2v) is 4.91. The van der Waals surface area contributed by atoms with Crippen LogP contribution in [0.2, 0.25) is 0 Å². The molecule has 0 aromatic carbocycles. The number of hydrogen-bond donors (Lipinski definition) is 2. The first-order chi connectivity index (χ1) is 6.63. The van der Waals surface area contributed by atoms with Gasteiger partial charge in [-0.2, -0.15) is 5.10 Å². The minimum atomic E-state index is -1.16. The van der Waals surface area contributed by atoms with E-state index in [-0.39, 0.29) is 0 Å². The van der Waals surface area contributed by atoms with Gasteiger partial charge in [0.1, 0.15) is 0 Å². The Kier molecular flexibility index (Phi) is 2.94. The van der Waals surface area contributed by atoms with Crippen LogP contribution in [0, 0.1) is 6.92 Å². The highest BCUT2D eigenvalue weighted by Gasteiger charge is 2.38. The zero-order valence-electron chi connectivity index (χ0n) is 10.1. The highest BCUT2D eigenvalue weighted by Crippen LogP contribution is 2.25. The van der Waals surface area contributed by atoms with E-state index in [9.17, 15) is 10.2 Å². The molecule has 0 aliphatic rings. The van der Waals surface area contributed by atoms with Gasteiger partial charge < -0.3 is 10.2 Å². The highest BCUT2D eigenvalue weighted by atomic mass is 16.4. The molecule has 15 heavy (non-hydrogen) atoms. The van der Waals surface area contributed by atoms with Gasteiger partial charge in [-0.25, -0.2) is 0 Å². The van der Waals surface area contributed by atoms with E-state index < -0.39 is 11.2 Å². The maximum Gasteiger partial charge on any atom is 0.0954 e. The van der Waals surface area contributed by atoms with E-state index in [0.717, 1.165) is 11.4 Å². The van der Waals surface area contributed by atoms with Crippen LogP contribution < -0.4 is 0 Å². The third kappa shape index (κ3) is 2.58. The largest absolute Gasteiger partial charge is 0.387 e. The van der Waals surface area contributed by atoms with E-state index in [4.69, 9.17) is 0 Å². The number of hydrogen-bond acceptors (Lipinski definition) is 3. The lowest BCUT2D eigenvalue weighted by Gasteiger charge is -2.35. The Hall–Kier alpha value is -0.870. The number of aromatic nitrogens is 2. The maximum absolute atomic E-state index is 10.1. The molecule has 0 saturated heterocycles. The van der Waals surface area contributed by atoms with Gasteiger partial charge in [0, 0.05) is 19.2 Å². The summed E-state index contributed by atoms with van der Waals surface area (Å²) in [7, 11) is 1.84. The molecule has 2 N–H and O–H groups in total. The summed E-state index contributed by atoms with van der Waals surface area (Å²) in [6.45, 7) is 6.75. The fourth-order valence-corrected chi connectivity index (χ4v) is 1.40. The van der Waals surface area contributed by atoms with Gasteiger partial charge in [-0.1, -0.05) is 0 Å². The Balaban J connectivity index is 2.91. The average Bonchev–Trinajstić information content (AvgIpc) is 2.26. The van der Waals surface area contributed by atoms with Crippen molar-refractivity contribution in [3.8, 4) is 0 Å². The van der Waals surface area contributed by atoms with Crippen LogP contribution in [0.3, 0.4) is 0 Å². The molecule has 0 aliphatic heterocycles. The fraction of sp³-hybridized carbons (Fsp3) is 0.727. The highest BCUT2D eigenvalue weighted by molar-refractivity contribution is 5.12. The molecular weight excluding hydrogens is 192 g/mol. The molecular formula is C11H20N2O2. The summed E-state index contributed by atoms with van der Waals surface area (Å²) in [6, 6.07) is 1.92. The molecule has 86 valence electrons. The van der Waals surface area contributed by atoms with Crippen LogP contribution in [-0.4, -0.2) is 31.2 Å². The van der Waals surface area contributed by atoms with Gasteiger partial charge in [0.2, 0.25) is 0 Å². The predicted molar refractivity (Wildman–Crippen MR) is 58.6 cm³/mol. The van der Waals surface area contributed by atoms with Gasteiger partial charge in [0.25, 0.3) is 0 Å². The van der Waals surface area contributed by atoms with Crippen LogP contribution >= 0.6 is 0 Å². The van der Waals surface area contributed by atoms with E-state index in [1.165, 1.54) is 0 Å². The van der Waals surface area contributed by atoms with E-state index in [0.29, 0.717) is 6.42 Å². The molecule has 0 amide bonds. The molecule has 1 aromatic heterocycles. The van der Waals surface area contributed by atoms with E-state index >= 15 is 0 Å². The van der Waals surface area contributed by atoms with Crippen molar-refractivity contribution in [2.24, 2.45) is 7.05 Å². The lowest BCUT2D eigenvalue weighted by Crippen LogP contribution is -2.49. The van der Waals surface area contributed by atoms with E-state index in [2.05, 4.69) is 5.10 Å². The summed E-state index contributed by atoms with van der Waals surface area (Å²) in [4.78, 5) is 0. The van der Waals surface area contributed by atoms with Gasteiger partial charge in [0.05, 0.1) is 16.9 Å². The first-order valence-corrected chi connectivity index (χ1v) is 5.08. The third-order valence-corrected chi connectivity index (χ3v) is 2.94. The summed E-state index contributed by atoms with van der Waals surface area (Å²) in [6.07, 6.45) is 0.383. The summed E-state index contributed by atoms with van der Waals surface area (Å²) in [5.74, 6) is 0. The van der Waals surface area contributed by atoms with Crippen LogP contribution in [0.25, 0.3) is 0 Å². The number of aryl methyl sites for hydroxylation is 2. The smallest absolute Gasteiger partial charge is 0.0954 e. The lowest BCUT2D eigenvalue weighted by molar-refractivity contribution is -0.119. The molecule has 0 aliphatic carbocycles. The number of rotatable bonds is 3. The first kappa shape index (κ1) is 12.2. The quantitative estimate of drug-likeness (QED) is 0.779. The van der Waals surface area contributed by atoms with E-state index in [1.54, 1.807) is 25.5 Å². The molecule has 1 aromatic rings. The van der Waals surface area contributed by atoms with Crippen molar-refractivity contribution in [1.82, 2.24) is 9.78 Å². The van der Waals surface area contributed by atoms with Gasteiger partial charge >= 0.3 is 0 Å². The molecule has 4 nitrogen and oxygen atoms in total. The van der Waals surface area contributed by atoms with Crippen LogP contribution in [0.15, 0.2) is 6.07 Å². The molecule has 1 unspecified atom stereocenters. The molecule has 1 heterocycles. The predicted octanol–water partition coefficient (Wildman–Crippen LogP) is 0.793. The SMILES string of the molecule is Cc1cc(CC(C)(O)C(C)(C)O)n(C)n1. The second kappa shape index (κ2) is 3.61. The molecule has 0 fully saturated rings. The zero-order chi connectivity index (χ0) is 11.9. The summed E-state index contributed by atoms with van der Waals surface area (Å²) in [5, 5.41) is 24.2. The van der Waals surface area contributed by atoms with Crippen molar-refractivity contribution in [2.45, 2.75) is 45.3 Å². The molecule has 4 heteroatoms. The number of nitrogens with zero attached hydrogens (tertiary/aromatic N) is 2. The molecule has 1 rings (SSSR count). The summed E-state index contributed by atoms with van der Waals surface area (Å²) < 4.78 is 1.73. The summed E-state index contributed by atoms with van der Waals surface area (Å²) in [5.41, 5.74) is -0.461. The van der Waals surface area contributed by atoms with Crippen molar-refractivity contribution in [3.05, 3.63) is 17.5 Å². The molecule has 0 bridgehead atoms. The van der Waals surface area contributed by atoms with E-state index in [1.807, 2.05) is 20.0 Å². The minimum Gasteiger partial charge on any atom is -0.387 e. The van der Waals surface area contributed by atoms with Gasteiger partial charge in [-0.3, -0.25) is 4.68 Å². The van der Waals surface area contributed by atoms with Crippen molar-refractivity contribution < 1.29 is 10.2 Å². The van der Waals surface area contributed by atoms with Crippen molar-refractivity contribution in [2.75, 3.05) is 0 Å². The standard InChI is InChI=1S/C11H20N2O2/c1-8-6-9(13(5)12-8)7-11(4,15)10(2,3)14/h6,14-15H,7H2,1-5H3. The average molecular weight is 212 g/mol. The van der Waals surface area contributed by atoms with Gasteiger partial charge in [0.15, 0.2) is 0 Å². The molecule has 0 spiro atoms. The van der Waals surface area contributed by atoms with Crippen LogP contribution in [-0.2, 0) is 13.5 Å². The van der Waals surface area contributed by atoms with Gasteiger partial charge in [-0.05, 0) is 33.8 Å².